The molecule has 0 aliphatic rings. The minimum absolute atomic E-state index is 0.775. The van der Waals surface area contributed by atoms with E-state index >= 15 is 0 Å². The number of benzene rings is 1. The van der Waals surface area contributed by atoms with Crippen LogP contribution in [0.2, 0.25) is 0 Å². The molecule has 0 saturated carbocycles. The van der Waals surface area contributed by atoms with Crippen molar-refractivity contribution < 1.29 is 0 Å². The fourth-order valence-corrected chi connectivity index (χ4v) is 2.51. The molecule has 0 atom stereocenters. The number of rotatable bonds is 4. The van der Waals surface area contributed by atoms with Crippen LogP contribution in [0.15, 0.2) is 22.7 Å². The highest BCUT2D eigenvalue weighted by atomic mass is 127. The maximum atomic E-state index is 4.67. The predicted molar refractivity (Wildman–Crippen MR) is 96.1 cm³/mol. The molecule has 0 radical (unpaired) electrons. The van der Waals surface area contributed by atoms with Crippen molar-refractivity contribution in [2.45, 2.75) is 27.2 Å². The maximum Gasteiger partial charge on any atom is 0.161 e. The van der Waals surface area contributed by atoms with Gasteiger partial charge in [0.25, 0.3) is 0 Å². The average Bonchev–Trinajstić information content (AvgIpc) is 2.43. The van der Waals surface area contributed by atoms with Gasteiger partial charge in [-0.25, -0.2) is 9.97 Å². The highest BCUT2D eigenvalue weighted by Crippen LogP contribution is 2.26. The standard InChI is InChI=1S/C15H17BrIN3/c1-4-7-18-15-13(17)10(3)19-14(20-15)11-5-6-12(16)9(2)8-11/h5-6,8H,4,7H2,1-3H3,(H,18,19,20). The van der Waals surface area contributed by atoms with Gasteiger partial charge in [0.2, 0.25) is 0 Å². The van der Waals surface area contributed by atoms with Crippen molar-refractivity contribution in [1.29, 1.82) is 0 Å². The first-order valence-electron chi connectivity index (χ1n) is 6.57. The monoisotopic (exact) mass is 445 g/mol. The van der Waals surface area contributed by atoms with E-state index in [-0.39, 0.29) is 0 Å². The van der Waals surface area contributed by atoms with Crippen molar-refractivity contribution in [2.24, 2.45) is 0 Å². The summed E-state index contributed by atoms with van der Waals surface area (Å²) in [6.07, 6.45) is 1.08. The normalized spacial score (nSPS) is 10.7. The lowest BCUT2D eigenvalue weighted by molar-refractivity contribution is 0.958. The number of aromatic nitrogens is 2. The lowest BCUT2D eigenvalue weighted by atomic mass is 10.1. The lowest BCUT2D eigenvalue weighted by Gasteiger charge is -2.11. The Labute approximate surface area is 141 Å². The second-order valence-corrected chi connectivity index (χ2v) is 6.62. The fraction of sp³-hybridized carbons (Fsp3) is 0.333. The smallest absolute Gasteiger partial charge is 0.161 e. The van der Waals surface area contributed by atoms with Crippen LogP contribution in [-0.4, -0.2) is 16.5 Å². The first-order valence-corrected chi connectivity index (χ1v) is 8.44. The van der Waals surface area contributed by atoms with Gasteiger partial charge >= 0.3 is 0 Å². The summed E-state index contributed by atoms with van der Waals surface area (Å²) in [7, 11) is 0. The van der Waals surface area contributed by atoms with E-state index in [9.17, 15) is 0 Å². The summed E-state index contributed by atoms with van der Waals surface area (Å²) >= 11 is 5.82. The molecule has 0 amide bonds. The first kappa shape index (κ1) is 15.7. The highest BCUT2D eigenvalue weighted by molar-refractivity contribution is 14.1. The Kier molecular flexibility index (Phi) is 5.37. The van der Waals surface area contributed by atoms with E-state index in [0.717, 1.165) is 43.9 Å². The second-order valence-electron chi connectivity index (χ2n) is 4.69. The SMILES string of the molecule is CCCNc1nc(-c2ccc(Br)c(C)c2)nc(C)c1I. The van der Waals surface area contributed by atoms with E-state index in [0.29, 0.717) is 0 Å². The molecule has 1 aromatic heterocycles. The van der Waals surface area contributed by atoms with Crippen molar-refractivity contribution in [3.05, 3.63) is 37.5 Å². The predicted octanol–water partition coefficient (Wildman–Crippen LogP) is 4.95. The summed E-state index contributed by atoms with van der Waals surface area (Å²) in [6, 6.07) is 6.19. The van der Waals surface area contributed by atoms with E-state index < -0.39 is 0 Å². The molecule has 2 rings (SSSR count). The Morgan fingerprint density at radius 2 is 2.00 bits per heavy atom. The minimum atomic E-state index is 0.775. The zero-order chi connectivity index (χ0) is 14.7. The first-order chi connectivity index (χ1) is 9.52. The molecular formula is C15H17BrIN3. The third-order valence-electron chi connectivity index (χ3n) is 2.98. The molecular weight excluding hydrogens is 429 g/mol. The summed E-state index contributed by atoms with van der Waals surface area (Å²) in [5.41, 5.74) is 3.24. The van der Waals surface area contributed by atoms with Gasteiger partial charge in [0.05, 0.1) is 9.26 Å². The van der Waals surface area contributed by atoms with Crippen LogP contribution < -0.4 is 5.32 Å². The Hall–Kier alpha value is -0.690. The third-order valence-corrected chi connectivity index (χ3v) is 5.16. The number of anilines is 1. The molecule has 5 heteroatoms. The van der Waals surface area contributed by atoms with Crippen LogP contribution >= 0.6 is 38.5 Å². The molecule has 106 valence electrons. The van der Waals surface area contributed by atoms with Gasteiger partial charge in [0.1, 0.15) is 5.82 Å². The number of nitrogens with one attached hydrogen (secondary N) is 1. The van der Waals surface area contributed by atoms with Gasteiger partial charge in [-0.2, -0.15) is 0 Å². The Morgan fingerprint density at radius 1 is 1.25 bits per heavy atom. The quantitative estimate of drug-likeness (QED) is 0.676. The third kappa shape index (κ3) is 3.49. The Bertz CT molecular complexity index is 629. The van der Waals surface area contributed by atoms with Crippen molar-refractivity contribution >= 4 is 44.3 Å². The summed E-state index contributed by atoms with van der Waals surface area (Å²) in [5, 5.41) is 3.37. The largest absolute Gasteiger partial charge is 0.369 e. The van der Waals surface area contributed by atoms with Crippen LogP contribution in [0.4, 0.5) is 5.82 Å². The molecule has 0 spiro atoms. The van der Waals surface area contributed by atoms with Crippen LogP contribution in [0.5, 0.6) is 0 Å². The van der Waals surface area contributed by atoms with Crippen LogP contribution in [0.25, 0.3) is 11.4 Å². The molecule has 0 unspecified atom stereocenters. The van der Waals surface area contributed by atoms with Crippen LogP contribution in [0.1, 0.15) is 24.6 Å². The van der Waals surface area contributed by atoms with Gasteiger partial charge in [-0.05, 0) is 60.6 Å². The minimum Gasteiger partial charge on any atom is -0.369 e. The van der Waals surface area contributed by atoms with Gasteiger partial charge in [0.15, 0.2) is 5.82 Å². The topological polar surface area (TPSA) is 37.8 Å². The summed E-state index contributed by atoms with van der Waals surface area (Å²) in [6.45, 7) is 7.16. The van der Waals surface area contributed by atoms with Gasteiger partial charge in [0, 0.05) is 16.6 Å². The number of nitrogens with zero attached hydrogens (tertiary/aromatic N) is 2. The van der Waals surface area contributed by atoms with E-state index in [1.807, 2.05) is 19.1 Å². The van der Waals surface area contributed by atoms with Crippen molar-refractivity contribution in [3.63, 3.8) is 0 Å². The summed E-state index contributed by atoms with van der Waals surface area (Å²) in [4.78, 5) is 9.28. The van der Waals surface area contributed by atoms with Gasteiger partial charge < -0.3 is 5.32 Å². The molecule has 2 aromatic rings. The van der Waals surface area contributed by atoms with Crippen LogP contribution in [-0.2, 0) is 0 Å². The average molecular weight is 446 g/mol. The molecule has 0 saturated heterocycles. The Balaban J connectivity index is 2.45. The summed E-state index contributed by atoms with van der Waals surface area (Å²) in [5.74, 6) is 1.70. The van der Waals surface area contributed by atoms with Gasteiger partial charge in [-0.1, -0.05) is 28.9 Å². The van der Waals surface area contributed by atoms with Crippen molar-refractivity contribution in [3.8, 4) is 11.4 Å². The van der Waals surface area contributed by atoms with Crippen LogP contribution in [0.3, 0.4) is 0 Å². The second kappa shape index (κ2) is 6.85. The van der Waals surface area contributed by atoms with Crippen LogP contribution in [0, 0.1) is 17.4 Å². The number of hydrogen-bond donors (Lipinski definition) is 1. The molecule has 0 aliphatic carbocycles. The summed E-state index contributed by atoms with van der Waals surface area (Å²) < 4.78 is 2.20. The number of halogens is 2. The fourth-order valence-electron chi connectivity index (χ4n) is 1.83. The van der Waals surface area contributed by atoms with Gasteiger partial charge in [-0.15, -0.1) is 0 Å². The molecule has 1 heterocycles. The van der Waals surface area contributed by atoms with E-state index in [2.05, 4.69) is 73.7 Å². The lowest BCUT2D eigenvalue weighted by Crippen LogP contribution is -2.07. The molecule has 0 aliphatic heterocycles. The van der Waals surface area contributed by atoms with Gasteiger partial charge in [-0.3, -0.25) is 0 Å². The maximum absolute atomic E-state index is 4.67. The Morgan fingerprint density at radius 3 is 2.65 bits per heavy atom. The van der Waals surface area contributed by atoms with E-state index in [1.54, 1.807) is 0 Å². The van der Waals surface area contributed by atoms with E-state index in [1.165, 1.54) is 5.56 Å². The molecule has 1 aromatic carbocycles. The number of aryl methyl sites for hydroxylation is 2. The van der Waals surface area contributed by atoms with E-state index in [4.69, 9.17) is 0 Å². The molecule has 0 bridgehead atoms. The molecule has 3 nitrogen and oxygen atoms in total. The highest BCUT2D eigenvalue weighted by Gasteiger charge is 2.11. The van der Waals surface area contributed by atoms with Crippen molar-refractivity contribution in [1.82, 2.24) is 9.97 Å². The molecule has 20 heavy (non-hydrogen) atoms. The van der Waals surface area contributed by atoms with Crippen molar-refractivity contribution in [2.75, 3.05) is 11.9 Å². The zero-order valence-electron chi connectivity index (χ0n) is 11.8. The zero-order valence-corrected chi connectivity index (χ0v) is 15.5. The number of hydrogen-bond acceptors (Lipinski definition) is 3. The molecule has 0 fully saturated rings. The molecule has 1 N–H and O–H groups in total.